The Labute approximate surface area is 124 Å². The zero-order valence-corrected chi connectivity index (χ0v) is 12.2. The molecule has 1 aliphatic carbocycles. The van der Waals surface area contributed by atoms with Gasteiger partial charge in [0.2, 0.25) is 0 Å². The Balaban J connectivity index is 1.90. The molecule has 4 heteroatoms. The van der Waals surface area contributed by atoms with Gasteiger partial charge in [0.25, 0.3) is 0 Å². The van der Waals surface area contributed by atoms with Crippen LogP contribution < -0.4 is 11.1 Å². The zero-order chi connectivity index (χ0) is 13.9. The van der Waals surface area contributed by atoms with E-state index in [4.69, 9.17) is 18.0 Å². The highest BCUT2D eigenvalue weighted by Crippen LogP contribution is 2.26. The minimum atomic E-state index is 0.400. The van der Waals surface area contributed by atoms with Crippen LogP contribution in [0.2, 0.25) is 0 Å². The third-order valence-electron chi connectivity index (χ3n) is 4.02. The Bertz CT molecular complexity index is 633. The molecule has 0 bridgehead atoms. The van der Waals surface area contributed by atoms with E-state index in [2.05, 4.69) is 10.3 Å². The predicted octanol–water partition coefficient (Wildman–Crippen LogP) is 3.47. The maximum Gasteiger partial charge on any atom is 0.136 e. The molecule has 1 aromatic heterocycles. The van der Waals surface area contributed by atoms with Crippen molar-refractivity contribution in [1.29, 1.82) is 0 Å². The average Bonchev–Trinajstić information content (AvgIpc) is 2.97. The maximum atomic E-state index is 5.84. The van der Waals surface area contributed by atoms with Gasteiger partial charge in [-0.25, -0.2) is 4.98 Å². The predicted molar refractivity (Wildman–Crippen MR) is 88.1 cm³/mol. The summed E-state index contributed by atoms with van der Waals surface area (Å²) in [5.74, 6) is 1.57. The zero-order valence-electron chi connectivity index (χ0n) is 11.4. The highest BCUT2D eigenvalue weighted by molar-refractivity contribution is 7.80. The molecule has 1 aromatic carbocycles. The number of nitrogens with zero attached hydrogens (tertiary/aromatic N) is 1. The molecule has 0 radical (unpaired) electrons. The molecule has 1 heterocycles. The van der Waals surface area contributed by atoms with Crippen molar-refractivity contribution >= 4 is 33.9 Å². The number of hydrogen-bond donors (Lipinski definition) is 2. The molecule has 0 spiro atoms. The number of para-hydroxylation sites is 1. The lowest BCUT2D eigenvalue weighted by molar-refractivity contribution is 0.579. The summed E-state index contributed by atoms with van der Waals surface area (Å²) in [5.41, 5.74) is 7.66. The summed E-state index contributed by atoms with van der Waals surface area (Å²) < 4.78 is 0. The fraction of sp³-hybridized carbons (Fsp3) is 0.375. The number of thiocarbonyl (C=S) groups is 1. The Kier molecular flexibility index (Phi) is 3.83. The third-order valence-corrected chi connectivity index (χ3v) is 4.24. The molecule has 1 fully saturated rings. The second-order valence-electron chi connectivity index (χ2n) is 5.47. The maximum absolute atomic E-state index is 5.84. The molecule has 0 amide bonds. The molecular formula is C16H19N3S. The van der Waals surface area contributed by atoms with Crippen molar-refractivity contribution in [3.63, 3.8) is 0 Å². The summed E-state index contributed by atoms with van der Waals surface area (Å²) in [6.07, 6.45) is 5.31. The lowest BCUT2D eigenvalue weighted by Gasteiger charge is -2.14. The van der Waals surface area contributed by atoms with E-state index in [9.17, 15) is 0 Å². The molecule has 1 aliphatic rings. The van der Waals surface area contributed by atoms with Gasteiger partial charge in [0.05, 0.1) is 11.1 Å². The monoisotopic (exact) mass is 285 g/mol. The first-order valence-corrected chi connectivity index (χ1v) is 7.58. The first-order valence-electron chi connectivity index (χ1n) is 7.17. The Morgan fingerprint density at radius 3 is 2.80 bits per heavy atom. The van der Waals surface area contributed by atoms with Crippen molar-refractivity contribution in [2.24, 2.45) is 11.7 Å². The molecule has 0 unspecified atom stereocenters. The minimum Gasteiger partial charge on any atom is -0.389 e. The fourth-order valence-corrected chi connectivity index (χ4v) is 3.05. The standard InChI is InChI=1S/C16H19N3S/c17-15(20)13-9-12-7-3-4-8-14(12)19-16(13)18-10-11-5-1-2-6-11/h3-4,7-9,11H,1-2,5-6,10H2,(H2,17,20)(H,18,19). The van der Waals surface area contributed by atoms with E-state index < -0.39 is 0 Å². The van der Waals surface area contributed by atoms with E-state index in [1.807, 2.05) is 30.3 Å². The fourth-order valence-electron chi connectivity index (χ4n) is 2.89. The molecule has 0 aliphatic heterocycles. The quantitative estimate of drug-likeness (QED) is 0.845. The van der Waals surface area contributed by atoms with Crippen molar-refractivity contribution in [2.45, 2.75) is 25.7 Å². The second kappa shape index (κ2) is 5.75. The number of nitrogens with two attached hydrogens (primary N) is 1. The molecule has 20 heavy (non-hydrogen) atoms. The molecule has 3 rings (SSSR count). The summed E-state index contributed by atoms with van der Waals surface area (Å²) in [6.45, 7) is 0.959. The van der Waals surface area contributed by atoms with Crippen LogP contribution in [0.15, 0.2) is 30.3 Å². The van der Waals surface area contributed by atoms with Crippen LogP contribution in [0.5, 0.6) is 0 Å². The summed E-state index contributed by atoms with van der Waals surface area (Å²) in [7, 11) is 0. The largest absolute Gasteiger partial charge is 0.389 e. The normalized spacial score (nSPS) is 15.6. The van der Waals surface area contributed by atoms with Crippen molar-refractivity contribution in [1.82, 2.24) is 4.98 Å². The Morgan fingerprint density at radius 2 is 2.05 bits per heavy atom. The van der Waals surface area contributed by atoms with E-state index in [1.165, 1.54) is 25.7 Å². The van der Waals surface area contributed by atoms with Gasteiger partial charge in [-0.1, -0.05) is 43.3 Å². The van der Waals surface area contributed by atoms with Crippen LogP contribution in [0, 0.1) is 5.92 Å². The summed E-state index contributed by atoms with van der Waals surface area (Å²) in [5, 5.41) is 4.52. The van der Waals surface area contributed by atoms with Crippen LogP contribution in [0.25, 0.3) is 10.9 Å². The van der Waals surface area contributed by atoms with Crippen LogP contribution in [0.4, 0.5) is 5.82 Å². The number of benzene rings is 1. The van der Waals surface area contributed by atoms with Gasteiger partial charge in [0, 0.05) is 11.9 Å². The number of hydrogen-bond acceptors (Lipinski definition) is 3. The Morgan fingerprint density at radius 1 is 1.30 bits per heavy atom. The van der Waals surface area contributed by atoms with Gasteiger partial charge >= 0.3 is 0 Å². The average molecular weight is 285 g/mol. The minimum absolute atomic E-state index is 0.400. The van der Waals surface area contributed by atoms with Gasteiger partial charge < -0.3 is 11.1 Å². The number of fused-ring (bicyclic) bond motifs is 1. The molecule has 2 aromatic rings. The summed E-state index contributed by atoms with van der Waals surface area (Å²) in [4.78, 5) is 5.08. The number of aromatic nitrogens is 1. The number of pyridine rings is 1. The van der Waals surface area contributed by atoms with Crippen LogP contribution >= 0.6 is 12.2 Å². The highest BCUT2D eigenvalue weighted by atomic mass is 32.1. The molecule has 1 saturated carbocycles. The van der Waals surface area contributed by atoms with Crippen LogP contribution in [0.1, 0.15) is 31.2 Å². The molecule has 104 valence electrons. The van der Waals surface area contributed by atoms with E-state index in [-0.39, 0.29) is 0 Å². The van der Waals surface area contributed by atoms with Crippen molar-refractivity contribution in [2.75, 3.05) is 11.9 Å². The number of rotatable bonds is 4. The first-order chi connectivity index (χ1) is 9.74. The highest BCUT2D eigenvalue weighted by Gasteiger charge is 2.16. The number of nitrogens with one attached hydrogen (secondary N) is 1. The van der Waals surface area contributed by atoms with Crippen LogP contribution in [-0.4, -0.2) is 16.5 Å². The summed E-state index contributed by atoms with van der Waals surface area (Å²) >= 11 is 5.16. The molecule has 3 N–H and O–H groups in total. The molecule has 0 atom stereocenters. The van der Waals surface area contributed by atoms with E-state index in [1.54, 1.807) is 0 Å². The summed E-state index contributed by atoms with van der Waals surface area (Å²) in [6, 6.07) is 10.1. The van der Waals surface area contributed by atoms with Gasteiger partial charge in [0.15, 0.2) is 0 Å². The van der Waals surface area contributed by atoms with Gasteiger partial charge in [-0.2, -0.15) is 0 Å². The lowest BCUT2D eigenvalue weighted by Crippen LogP contribution is -2.18. The lowest BCUT2D eigenvalue weighted by atomic mass is 10.1. The number of anilines is 1. The van der Waals surface area contributed by atoms with Crippen molar-refractivity contribution in [3.8, 4) is 0 Å². The molecule has 0 saturated heterocycles. The second-order valence-corrected chi connectivity index (χ2v) is 5.91. The van der Waals surface area contributed by atoms with Gasteiger partial charge in [0.1, 0.15) is 10.8 Å². The third kappa shape index (κ3) is 2.75. The topological polar surface area (TPSA) is 50.9 Å². The smallest absolute Gasteiger partial charge is 0.136 e. The van der Waals surface area contributed by atoms with Crippen LogP contribution in [-0.2, 0) is 0 Å². The SMILES string of the molecule is NC(=S)c1cc2ccccc2nc1NCC1CCCC1. The first kappa shape index (κ1) is 13.3. The van der Waals surface area contributed by atoms with Gasteiger partial charge in [-0.05, 0) is 30.9 Å². The van der Waals surface area contributed by atoms with E-state index >= 15 is 0 Å². The molecular weight excluding hydrogens is 266 g/mol. The van der Waals surface area contributed by atoms with Crippen molar-refractivity contribution < 1.29 is 0 Å². The van der Waals surface area contributed by atoms with Gasteiger partial charge in [-0.15, -0.1) is 0 Å². The van der Waals surface area contributed by atoms with Crippen LogP contribution in [0.3, 0.4) is 0 Å². The Hall–Kier alpha value is -1.68. The van der Waals surface area contributed by atoms with Crippen molar-refractivity contribution in [3.05, 3.63) is 35.9 Å². The van der Waals surface area contributed by atoms with E-state index in [0.29, 0.717) is 4.99 Å². The molecule has 3 nitrogen and oxygen atoms in total. The van der Waals surface area contributed by atoms with E-state index in [0.717, 1.165) is 34.7 Å². The van der Waals surface area contributed by atoms with Gasteiger partial charge in [-0.3, -0.25) is 0 Å².